The van der Waals surface area contributed by atoms with Crippen LogP contribution in [0, 0.1) is 0 Å². The minimum Gasteiger partial charge on any atom is -0.465 e. The van der Waals surface area contributed by atoms with Gasteiger partial charge in [0.05, 0.1) is 7.11 Å². The predicted octanol–water partition coefficient (Wildman–Crippen LogP) is 1.66. The van der Waals surface area contributed by atoms with Crippen LogP contribution in [0.15, 0.2) is 36.4 Å². The van der Waals surface area contributed by atoms with Gasteiger partial charge in [0.1, 0.15) is 30.1 Å². The summed E-state index contributed by atoms with van der Waals surface area (Å²) in [5.74, 6) is -3.25. The lowest BCUT2D eigenvalue weighted by Gasteiger charge is -2.45. The molecule has 5 atom stereocenters. The monoisotopic (exact) mass is 531 g/mol. The van der Waals surface area contributed by atoms with Crippen molar-refractivity contribution >= 4 is 40.6 Å². The van der Waals surface area contributed by atoms with E-state index in [2.05, 4.69) is 5.32 Å². The fourth-order valence-corrected chi connectivity index (χ4v) is 4.15. The van der Waals surface area contributed by atoms with Crippen LogP contribution in [0.2, 0.25) is 0 Å². The number of ether oxygens (including phenoxy) is 6. The molecule has 3 rings (SSSR count). The summed E-state index contributed by atoms with van der Waals surface area (Å²) < 4.78 is 33.2. The van der Waals surface area contributed by atoms with Crippen LogP contribution in [-0.4, -0.2) is 74.1 Å². The number of carbonyl (C=O) groups is 5. The second kappa shape index (κ2) is 12.4. The first-order valence-corrected chi connectivity index (χ1v) is 11.7. The van der Waals surface area contributed by atoms with E-state index in [-0.39, 0.29) is 11.3 Å². The summed E-state index contributed by atoms with van der Waals surface area (Å²) in [6, 6.07) is 9.08. The number of benzene rings is 2. The summed E-state index contributed by atoms with van der Waals surface area (Å²) in [5, 5.41) is 3.89. The third kappa shape index (κ3) is 6.76. The van der Waals surface area contributed by atoms with Crippen LogP contribution >= 0.6 is 0 Å². The van der Waals surface area contributed by atoms with Gasteiger partial charge in [-0.2, -0.15) is 0 Å². The highest BCUT2D eigenvalue weighted by atomic mass is 16.7. The van der Waals surface area contributed by atoms with E-state index in [9.17, 15) is 24.0 Å². The fraction of sp³-hybridized carbons (Fsp3) is 0.423. The molecule has 38 heavy (non-hydrogen) atoms. The third-order valence-electron chi connectivity index (χ3n) is 5.59. The van der Waals surface area contributed by atoms with Crippen molar-refractivity contribution in [1.82, 2.24) is 5.32 Å². The summed E-state index contributed by atoms with van der Waals surface area (Å²) in [7, 11) is 1.22. The molecule has 2 aromatic rings. The summed E-state index contributed by atoms with van der Waals surface area (Å²) >= 11 is 0. The van der Waals surface area contributed by atoms with Gasteiger partial charge in [-0.15, -0.1) is 0 Å². The van der Waals surface area contributed by atoms with Crippen molar-refractivity contribution in [3.8, 4) is 5.75 Å². The van der Waals surface area contributed by atoms with Crippen LogP contribution < -0.4 is 10.1 Å². The van der Waals surface area contributed by atoms with E-state index >= 15 is 0 Å². The zero-order valence-electron chi connectivity index (χ0n) is 21.5. The predicted molar refractivity (Wildman–Crippen MR) is 130 cm³/mol. The van der Waals surface area contributed by atoms with Crippen molar-refractivity contribution in [3.05, 3.63) is 42.0 Å². The van der Waals surface area contributed by atoms with Crippen molar-refractivity contribution in [3.63, 3.8) is 0 Å². The molecule has 0 aromatic heterocycles. The maximum Gasteiger partial charge on any atom is 0.341 e. The quantitative estimate of drug-likeness (QED) is 0.391. The minimum absolute atomic E-state index is 0.0686. The Bertz CT molecular complexity index is 1230. The normalized spacial score (nSPS) is 22.6. The Morgan fingerprint density at radius 3 is 2.13 bits per heavy atom. The van der Waals surface area contributed by atoms with Gasteiger partial charge in [0.25, 0.3) is 0 Å². The first kappa shape index (κ1) is 28.4. The number of esters is 4. The standard InChI is InChI=1S/C26H29NO11/c1-13(28)27-21-24(36-16(4)31)23(35-15(3)30)20(12-34-14(2)29)37-26(21)38-22-18-9-7-6-8-17(18)10-11-19(22)25(32)33-5/h6-11,20-21,23-24,26H,12H2,1-5H3,(H,27,28)/t20-,21+,23+,24-,26+/m0/s1. The van der Waals surface area contributed by atoms with Crippen molar-refractivity contribution < 1.29 is 52.4 Å². The van der Waals surface area contributed by atoms with E-state index in [1.54, 1.807) is 30.3 Å². The molecule has 12 nitrogen and oxygen atoms in total. The summed E-state index contributed by atoms with van der Waals surface area (Å²) in [5.41, 5.74) is 0.0686. The lowest BCUT2D eigenvalue weighted by atomic mass is 9.95. The molecule has 1 heterocycles. The molecule has 0 saturated carbocycles. The fourth-order valence-electron chi connectivity index (χ4n) is 4.15. The van der Waals surface area contributed by atoms with Gasteiger partial charge >= 0.3 is 23.9 Å². The van der Waals surface area contributed by atoms with Gasteiger partial charge in [0, 0.05) is 33.1 Å². The molecule has 1 saturated heterocycles. The minimum atomic E-state index is -1.40. The van der Waals surface area contributed by atoms with E-state index in [1.807, 2.05) is 0 Å². The largest absolute Gasteiger partial charge is 0.465 e. The molecule has 1 amide bonds. The zero-order valence-corrected chi connectivity index (χ0v) is 21.5. The van der Waals surface area contributed by atoms with E-state index in [0.29, 0.717) is 5.39 Å². The van der Waals surface area contributed by atoms with Gasteiger partial charge in [-0.3, -0.25) is 19.2 Å². The van der Waals surface area contributed by atoms with E-state index in [0.717, 1.165) is 19.2 Å². The number of rotatable bonds is 8. The Morgan fingerprint density at radius 1 is 0.868 bits per heavy atom. The lowest BCUT2D eigenvalue weighted by Crippen LogP contribution is -2.67. The Morgan fingerprint density at radius 2 is 1.53 bits per heavy atom. The molecule has 0 aliphatic carbocycles. The number of hydrogen-bond donors (Lipinski definition) is 1. The Kier molecular flexibility index (Phi) is 9.24. The number of methoxy groups -OCH3 is 1. The lowest BCUT2D eigenvalue weighted by molar-refractivity contribution is -0.257. The van der Waals surface area contributed by atoms with Crippen molar-refractivity contribution in [1.29, 1.82) is 0 Å². The topological polar surface area (TPSA) is 153 Å². The van der Waals surface area contributed by atoms with Crippen LogP contribution in [0.5, 0.6) is 5.75 Å². The molecule has 204 valence electrons. The first-order chi connectivity index (χ1) is 18.0. The average molecular weight is 532 g/mol. The second-order valence-corrected chi connectivity index (χ2v) is 8.49. The van der Waals surface area contributed by atoms with Crippen molar-refractivity contribution in [2.45, 2.75) is 58.3 Å². The molecule has 1 fully saturated rings. The number of nitrogens with one attached hydrogen (secondary N) is 1. The molecule has 0 spiro atoms. The first-order valence-electron chi connectivity index (χ1n) is 11.7. The number of hydrogen-bond acceptors (Lipinski definition) is 11. The zero-order chi connectivity index (χ0) is 28.0. The highest BCUT2D eigenvalue weighted by molar-refractivity contribution is 6.01. The summed E-state index contributed by atoms with van der Waals surface area (Å²) in [6.45, 7) is 4.30. The van der Waals surface area contributed by atoms with Gasteiger partial charge in [-0.25, -0.2) is 4.79 Å². The molecule has 1 aliphatic heterocycles. The molecule has 0 radical (unpaired) electrons. The smallest absolute Gasteiger partial charge is 0.341 e. The Hall–Kier alpha value is -4.19. The maximum absolute atomic E-state index is 12.6. The summed E-state index contributed by atoms with van der Waals surface area (Å²) in [6.07, 6.45) is -5.15. The Balaban J connectivity index is 2.15. The molecule has 0 bridgehead atoms. The molecule has 12 heteroatoms. The van der Waals surface area contributed by atoms with Crippen molar-refractivity contribution in [2.75, 3.05) is 13.7 Å². The third-order valence-corrected chi connectivity index (χ3v) is 5.59. The number of fused-ring (bicyclic) bond motifs is 1. The number of carbonyl (C=O) groups excluding carboxylic acids is 5. The van der Waals surface area contributed by atoms with E-state index in [1.165, 1.54) is 27.0 Å². The van der Waals surface area contributed by atoms with Crippen LogP contribution in [0.3, 0.4) is 0 Å². The van der Waals surface area contributed by atoms with Crippen LogP contribution in [0.4, 0.5) is 0 Å². The highest BCUT2D eigenvalue weighted by Crippen LogP contribution is 2.35. The SMILES string of the molecule is COC(=O)c1ccc2ccccc2c1O[C@H]1O[C@@H](COC(C)=O)[C@@H](OC(C)=O)[C@@H](OC(C)=O)[C@H]1NC(C)=O. The second-order valence-electron chi connectivity index (χ2n) is 8.49. The molecular formula is C26H29NO11. The van der Waals surface area contributed by atoms with Gasteiger partial charge in [0.15, 0.2) is 12.2 Å². The van der Waals surface area contributed by atoms with Crippen LogP contribution in [-0.2, 0) is 42.9 Å². The molecular weight excluding hydrogens is 502 g/mol. The molecule has 1 N–H and O–H groups in total. The van der Waals surface area contributed by atoms with Crippen LogP contribution in [0.25, 0.3) is 10.8 Å². The van der Waals surface area contributed by atoms with Gasteiger partial charge in [-0.1, -0.05) is 30.3 Å². The van der Waals surface area contributed by atoms with Crippen LogP contribution in [0.1, 0.15) is 38.1 Å². The van der Waals surface area contributed by atoms with Gasteiger partial charge in [-0.05, 0) is 11.5 Å². The van der Waals surface area contributed by atoms with Crippen molar-refractivity contribution in [2.24, 2.45) is 0 Å². The highest BCUT2D eigenvalue weighted by Gasteiger charge is 2.52. The summed E-state index contributed by atoms with van der Waals surface area (Å²) in [4.78, 5) is 60.3. The van der Waals surface area contributed by atoms with Gasteiger partial charge in [0.2, 0.25) is 12.2 Å². The molecule has 1 aliphatic rings. The van der Waals surface area contributed by atoms with E-state index < -0.39 is 67.0 Å². The number of amides is 1. The average Bonchev–Trinajstić information content (AvgIpc) is 2.85. The maximum atomic E-state index is 12.6. The molecule has 2 aromatic carbocycles. The van der Waals surface area contributed by atoms with Gasteiger partial charge < -0.3 is 33.7 Å². The van der Waals surface area contributed by atoms with E-state index in [4.69, 9.17) is 28.4 Å². The Labute approximate surface area is 218 Å². The molecule has 0 unspecified atom stereocenters.